The lowest BCUT2D eigenvalue weighted by molar-refractivity contribution is -0.270. The van der Waals surface area contributed by atoms with E-state index in [1.165, 1.54) is 0 Å². The SMILES string of the molecule is FC=C(F)C(F)(F)C(F)(F)F.O=S(=O)(F)F. The van der Waals surface area contributed by atoms with Gasteiger partial charge in [-0.3, -0.25) is 0 Å². The van der Waals surface area contributed by atoms with Crippen LogP contribution in [0.3, 0.4) is 0 Å². The molecule has 0 amide bonds. The van der Waals surface area contributed by atoms with Crippen LogP contribution in [0.5, 0.6) is 0 Å². The van der Waals surface area contributed by atoms with Gasteiger partial charge < -0.3 is 0 Å². The number of allylic oxidation sites excluding steroid dienone is 1. The zero-order valence-electron chi connectivity index (χ0n) is 6.70. The van der Waals surface area contributed by atoms with Crippen molar-refractivity contribution < 1.29 is 46.9 Å². The van der Waals surface area contributed by atoms with Gasteiger partial charge in [-0.05, 0) is 0 Å². The third-order valence-corrected chi connectivity index (χ3v) is 0.752. The topological polar surface area (TPSA) is 34.1 Å². The molecule has 0 fully saturated rings. The zero-order valence-corrected chi connectivity index (χ0v) is 7.52. The lowest BCUT2D eigenvalue weighted by Gasteiger charge is -2.16. The van der Waals surface area contributed by atoms with Gasteiger partial charge >= 0.3 is 22.7 Å². The first kappa shape index (κ1) is 17.5. The predicted molar refractivity (Wildman–Crippen MR) is 32.4 cm³/mol. The van der Waals surface area contributed by atoms with E-state index in [1.807, 2.05) is 0 Å². The van der Waals surface area contributed by atoms with Crippen LogP contribution >= 0.6 is 0 Å². The summed E-state index contributed by atoms with van der Waals surface area (Å²) in [4.78, 5) is 0. The van der Waals surface area contributed by atoms with E-state index in [0.29, 0.717) is 0 Å². The van der Waals surface area contributed by atoms with Gasteiger partial charge in [-0.2, -0.15) is 30.4 Å². The highest BCUT2D eigenvalue weighted by Crippen LogP contribution is 2.41. The fraction of sp³-hybridized carbons (Fsp3) is 0.500. The van der Waals surface area contributed by atoms with E-state index in [1.54, 1.807) is 0 Å². The molecule has 0 saturated carbocycles. The van der Waals surface area contributed by atoms with Crippen LogP contribution in [0.1, 0.15) is 0 Å². The largest absolute Gasteiger partial charge is 0.476 e. The Hall–Kier alpha value is -0.940. The van der Waals surface area contributed by atoms with Gasteiger partial charge in [0.15, 0.2) is 0 Å². The van der Waals surface area contributed by atoms with E-state index < -0.39 is 34.9 Å². The van der Waals surface area contributed by atoms with Crippen LogP contribution in [-0.2, 0) is 10.6 Å². The summed E-state index contributed by atoms with van der Waals surface area (Å²) in [5, 5.41) is 0. The molecule has 0 unspecified atom stereocenters. The number of alkyl halides is 5. The molecule has 0 aromatic carbocycles. The van der Waals surface area contributed by atoms with Crippen molar-refractivity contribution in [1.29, 1.82) is 0 Å². The van der Waals surface area contributed by atoms with Crippen LogP contribution in [0, 0.1) is 0 Å². The summed E-state index contributed by atoms with van der Waals surface area (Å²) in [6.07, 6.45) is -7.52. The van der Waals surface area contributed by atoms with Crippen molar-refractivity contribution in [2.45, 2.75) is 12.1 Å². The maximum atomic E-state index is 11.5. The molecule has 0 spiro atoms. The third-order valence-electron chi connectivity index (χ3n) is 0.752. The summed E-state index contributed by atoms with van der Waals surface area (Å²) < 4.78 is 115. The maximum Gasteiger partial charge on any atom is 0.476 e. The highest BCUT2D eigenvalue weighted by Gasteiger charge is 2.61. The first-order valence-electron chi connectivity index (χ1n) is 2.78. The Morgan fingerprint density at radius 2 is 1.25 bits per heavy atom. The van der Waals surface area contributed by atoms with Gasteiger partial charge in [-0.1, -0.05) is 7.77 Å². The first-order valence-corrected chi connectivity index (χ1v) is 4.07. The van der Waals surface area contributed by atoms with Gasteiger partial charge in [-0.15, -0.1) is 0 Å². The van der Waals surface area contributed by atoms with E-state index in [4.69, 9.17) is 8.42 Å². The Balaban J connectivity index is 0. The van der Waals surface area contributed by atoms with Crippen molar-refractivity contribution >= 4 is 10.6 Å². The Labute approximate surface area is 82.9 Å². The molecule has 0 N–H and O–H groups in total. The molecule has 0 rings (SSSR count). The molecule has 98 valence electrons. The van der Waals surface area contributed by atoms with Crippen molar-refractivity contribution in [1.82, 2.24) is 0 Å². The minimum absolute atomic E-state index is 1.42. The van der Waals surface area contributed by atoms with Gasteiger partial charge in [0.1, 0.15) is 6.33 Å². The highest BCUT2D eigenvalue weighted by molar-refractivity contribution is 7.81. The van der Waals surface area contributed by atoms with Gasteiger partial charge in [0, 0.05) is 0 Å². The number of rotatable bonds is 1. The van der Waals surface area contributed by atoms with Crippen LogP contribution < -0.4 is 0 Å². The van der Waals surface area contributed by atoms with Crippen LogP contribution in [0.2, 0.25) is 0 Å². The fourth-order valence-electron chi connectivity index (χ4n) is 0.204. The number of hydrogen-bond acceptors (Lipinski definition) is 2. The molecule has 12 heteroatoms. The quantitative estimate of drug-likeness (QED) is 0.547. The van der Waals surface area contributed by atoms with Gasteiger partial charge in [0.25, 0.3) is 0 Å². The summed E-state index contributed by atoms with van der Waals surface area (Å²) >= 11 is 0. The van der Waals surface area contributed by atoms with Crippen LogP contribution in [0.15, 0.2) is 12.2 Å². The van der Waals surface area contributed by atoms with Crippen molar-refractivity contribution in [3.63, 3.8) is 0 Å². The fourth-order valence-corrected chi connectivity index (χ4v) is 0.204. The minimum atomic E-state index is -6.10. The Morgan fingerprint density at radius 1 is 1.00 bits per heavy atom. The molecule has 0 bridgehead atoms. The maximum absolute atomic E-state index is 11.5. The second kappa shape index (κ2) is 5.41. The van der Waals surface area contributed by atoms with Crippen LogP contribution in [-0.4, -0.2) is 20.5 Å². The van der Waals surface area contributed by atoms with E-state index in [-0.39, 0.29) is 0 Å². The Morgan fingerprint density at radius 3 is 1.31 bits per heavy atom. The molecule has 0 radical (unpaired) electrons. The Kier molecular flexibility index (Phi) is 5.90. The normalized spacial score (nSPS) is 14.2. The van der Waals surface area contributed by atoms with Crippen LogP contribution in [0.4, 0.5) is 38.5 Å². The van der Waals surface area contributed by atoms with E-state index in [2.05, 4.69) is 0 Å². The molecular weight excluding hydrogens is 283 g/mol. The molecule has 0 aromatic heterocycles. The number of halogens is 9. The summed E-state index contributed by atoms with van der Waals surface area (Å²) in [5.74, 6) is -8.88. The molecule has 0 atom stereocenters. The van der Waals surface area contributed by atoms with Gasteiger partial charge in [0.2, 0.25) is 5.83 Å². The molecule has 0 heterocycles. The van der Waals surface area contributed by atoms with Crippen LogP contribution in [0.25, 0.3) is 0 Å². The van der Waals surface area contributed by atoms with E-state index in [0.717, 1.165) is 0 Å². The summed E-state index contributed by atoms with van der Waals surface area (Å²) in [5.41, 5.74) is 0. The lowest BCUT2D eigenvalue weighted by atomic mass is 10.3. The average Bonchev–Trinajstić information content (AvgIpc) is 1.97. The predicted octanol–water partition coefficient (Wildman–Crippen LogP) is 3.13. The van der Waals surface area contributed by atoms with E-state index in [9.17, 15) is 38.5 Å². The molecule has 0 aliphatic rings. The summed E-state index contributed by atoms with van der Waals surface area (Å²) in [6, 6.07) is 0. The second-order valence-corrected chi connectivity index (χ2v) is 2.66. The molecule has 0 aromatic rings. The molecule has 0 aliphatic heterocycles. The summed E-state index contributed by atoms with van der Waals surface area (Å²) in [6.45, 7) is 0. The second-order valence-electron chi connectivity index (χ2n) is 1.91. The van der Waals surface area contributed by atoms with Gasteiger partial charge in [0.05, 0.1) is 0 Å². The van der Waals surface area contributed by atoms with E-state index >= 15 is 0 Å². The third kappa shape index (κ3) is 7.36. The number of hydrogen-bond donors (Lipinski definition) is 0. The molecule has 0 saturated heterocycles. The molecule has 0 aliphatic carbocycles. The van der Waals surface area contributed by atoms with Gasteiger partial charge in [-0.25, -0.2) is 8.78 Å². The minimum Gasteiger partial charge on any atom is -0.212 e. The first-order chi connectivity index (χ1) is 6.73. The van der Waals surface area contributed by atoms with Crippen molar-refractivity contribution in [2.24, 2.45) is 0 Å². The Bertz CT molecular complexity index is 331. The molecule has 16 heavy (non-hydrogen) atoms. The smallest absolute Gasteiger partial charge is 0.212 e. The van der Waals surface area contributed by atoms with Crippen molar-refractivity contribution in [2.75, 3.05) is 0 Å². The average molecular weight is 284 g/mol. The monoisotopic (exact) mass is 284 g/mol. The highest BCUT2D eigenvalue weighted by atomic mass is 32.3. The standard InChI is InChI=1S/C4HF7.F2O2S/c5-1-2(6)3(7,8)4(9,10)11;1-5(2,3)4/h1H;. The van der Waals surface area contributed by atoms with Crippen molar-refractivity contribution in [3.8, 4) is 0 Å². The summed E-state index contributed by atoms with van der Waals surface area (Å²) in [7, 11) is -5.67. The van der Waals surface area contributed by atoms with Crippen molar-refractivity contribution in [3.05, 3.63) is 12.2 Å². The lowest BCUT2D eigenvalue weighted by Crippen LogP contribution is -2.36. The zero-order chi connectivity index (χ0) is 13.8. The molecular formula is C4HF9O2S. The molecule has 2 nitrogen and oxygen atoms in total.